The zero-order valence-electron chi connectivity index (χ0n) is 13.4. The maximum atomic E-state index is 12.6. The van der Waals surface area contributed by atoms with Crippen LogP contribution >= 0.6 is 11.8 Å². The molecule has 0 radical (unpaired) electrons. The number of aromatic nitrogens is 2. The number of fused-ring (bicyclic) bond motifs is 1. The van der Waals surface area contributed by atoms with Crippen LogP contribution in [0.1, 0.15) is 10.4 Å². The lowest BCUT2D eigenvalue weighted by molar-refractivity contribution is 0.102. The van der Waals surface area contributed by atoms with Crippen molar-refractivity contribution >= 4 is 28.4 Å². The standard InChI is InChI=1S/C19H16N2O3S/c1-2-11-21-18(24)15-5-3-4-6-16(15)20-19(21)25-12-17(23)13-7-9-14(22)10-8-13/h2-10,22H,1,11-12H2. The Labute approximate surface area is 148 Å². The zero-order valence-corrected chi connectivity index (χ0v) is 14.2. The molecule has 0 saturated heterocycles. The van der Waals surface area contributed by atoms with Crippen LogP contribution in [-0.4, -0.2) is 26.2 Å². The number of thioether (sulfide) groups is 1. The summed E-state index contributed by atoms with van der Waals surface area (Å²) in [5.41, 5.74) is 0.959. The number of Topliss-reactive ketones (excluding diaryl/α,β-unsaturated/α-hetero) is 1. The average Bonchev–Trinajstić information content (AvgIpc) is 2.63. The van der Waals surface area contributed by atoms with E-state index in [2.05, 4.69) is 11.6 Å². The Morgan fingerprint density at radius 1 is 1.20 bits per heavy atom. The van der Waals surface area contributed by atoms with Crippen molar-refractivity contribution in [1.29, 1.82) is 0 Å². The van der Waals surface area contributed by atoms with Gasteiger partial charge in [0.2, 0.25) is 0 Å². The molecular weight excluding hydrogens is 336 g/mol. The van der Waals surface area contributed by atoms with Crippen LogP contribution in [0.5, 0.6) is 5.75 Å². The molecule has 1 heterocycles. The summed E-state index contributed by atoms with van der Waals surface area (Å²) in [6, 6.07) is 13.2. The summed E-state index contributed by atoms with van der Waals surface area (Å²) in [6.07, 6.45) is 1.63. The molecule has 0 bridgehead atoms. The van der Waals surface area contributed by atoms with Gasteiger partial charge in [0.05, 0.1) is 16.7 Å². The summed E-state index contributed by atoms with van der Waals surface area (Å²) >= 11 is 1.22. The minimum atomic E-state index is -0.148. The van der Waals surface area contributed by atoms with Crippen LogP contribution in [0.3, 0.4) is 0 Å². The first kappa shape index (κ1) is 17.0. The minimum Gasteiger partial charge on any atom is -0.508 e. The molecule has 1 aromatic heterocycles. The number of benzene rings is 2. The molecule has 0 aliphatic heterocycles. The largest absolute Gasteiger partial charge is 0.508 e. The van der Waals surface area contributed by atoms with Crippen molar-refractivity contribution in [3.8, 4) is 5.75 Å². The zero-order chi connectivity index (χ0) is 17.8. The van der Waals surface area contributed by atoms with Gasteiger partial charge in [-0.05, 0) is 36.4 Å². The summed E-state index contributed by atoms with van der Waals surface area (Å²) < 4.78 is 1.52. The molecule has 0 unspecified atom stereocenters. The lowest BCUT2D eigenvalue weighted by Gasteiger charge is -2.11. The summed E-state index contributed by atoms with van der Waals surface area (Å²) in [7, 11) is 0. The number of carbonyl (C=O) groups is 1. The van der Waals surface area contributed by atoms with E-state index in [4.69, 9.17) is 0 Å². The van der Waals surface area contributed by atoms with E-state index in [1.165, 1.54) is 28.5 Å². The molecule has 3 aromatic rings. The van der Waals surface area contributed by atoms with Crippen LogP contribution in [0.4, 0.5) is 0 Å². The third kappa shape index (κ3) is 3.64. The van der Waals surface area contributed by atoms with E-state index in [1.54, 1.807) is 36.4 Å². The van der Waals surface area contributed by atoms with Crippen LogP contribution in [0, 0.1) is 0 Å². The monoisotopic (exact) mass is 352 g/mol. The van der Waals surface area contributed by atoms with Crippen LogP contribution < -0.4 is 5.56 Å². The molecule has 25 heavy (non-hydrogen) atoms. The number of phenols is 1. The van der Waals surface area contributed by atoms with Gasteiger partial charge >= 0.3 is 0 Å². The van der Waals surface area contributed by atoms with Gasteiger partial charge in [-0.15, -0.1) is 6.58 Å². The minimum absolute atomic E-state index is 0.0995. The number of nitrogens with zero attached hydrogens (tertiary/aromatic N) is 2. The predicted octanol–water partition coefficient (Wildman–Crippen LogP) is 3.26. The van der Waals surface area contributed by atoms with Crippen LogP contribution in [0.2, 0.25) is 0 Å². The highest BCUT2D eigenvalue weighted by molar-refractivity contribution is 7.99. The molecule has 0 aliphatic carbocycles. The van der Waals surface area contributed by atoms with Crippen molar-refractivity contribution in [3.05, 3.63) is 77.1 Å². The Morgan fingerprint density at radius 3 is 2.64 bits per heavy atom. The van der Waals surface area contributed by atoms with Crippen LogP contribution in [0.15, 0.2) is 71.1 Å². The van der Waals surface area contributed by atoms with E-state index in [-0.39, 0.29) is 22.8 Å². The third-order valence-corrected chi connectivity index (χ3v) is 4.64. The molecule has 6 heteroatoms. The number of phenolic OH excluding ortho intramolecular Hbond substituents is 1. The summed E-state index contributed by atoms with van der Waals surface area (Å²) in [6.45, 7) is 4.01. The van der Waals surface area contributed by atoms with E-state index in [0.717, 1.165) is 0 Å². The Bertz CT molecular complexity index is 994. The van der Waals surface area contributed by atoms with E-state index in [1.807, 2.05) is 6.07 Å². The first-order valence-corrected chi connectivity index (χ1v) is 8.64. The van der Waals surface area contributed by atoms with Crippen molar-refractivity contribution in [2.75, 3.05) is 5.75 Å². The Morgan fingerprint density at radius 2 is 1.92 bits per heavy atom. The smallest absolute Gasteiger partial charge is 0.262 e. The third-order valence-electron chi connectivity index (χ3n) is 3.66. The number of rotatable bonds is 6. The van der Waals surface area contributed by atoms with Crippen molar-refractivity contribution in [1.82, 2.24) is 9.55 Å². The Kier molecular flexibility index (Phi) is 5.00. The number of allylic oxidation sites excluding steroid dienone is 1. The first-order valence-electron chi connectivity index (χ1n) is 7.65. The second kappa shape index (κ2) is 7.36. The van der Waals surface area contributed by atoms with Gasteiger partial charge in [0.1, 0.15) is 5.75 Å². The first-order chi connectivity index (χ1) is 12.1. The summed E-state index contributed by atoms with van der Waals surface area (Å²) in [5.74, 6) is 0.157. The average molecular weight is 352 g/mol. The highest BCUT2D eigenvalue weighted by Gasteiger charge is 2.13. The van der Waals surface area contributed by atoms with Crippen molar-refractivity contribution in [2.24, 2.45) is 0 Å². The van der Waals surface area contributed by atoms with Gasteiger partial charge in [-0.2, -0.15) is 0 Å². The number of aromatic hydroxyl groups is 1. The highest BCUT2D eigenvalue weighted by atomic mass is 32.2. The van der Waals surface area contributed by atoms with Crippen molar-refractivity contribution in [3.63, 3.8) is 0 Å². The van der Waals surface area contributed by atoms with E-state index >= 15 is 0 Å². The maximum absolute atomic E-state index is 12.6. The number of hydrogen-bond acceptors (Lipinski definition) is 5. The number of hydrogen-bond donors (Lipinski definition) is 1. The fourth-order valence-electron chi connectivity index (χ4n) is 2.41. The molecule has 0 spiro atoms. The van der Waals surface area contributed by atoms with Crippen LogP contribution in [-0.2, 0) is 6.54 Å². The van der Waals surface area contributed by atoms with Crippen molar-refractivity contribution in [2.45, 2.75) is 11.7 Å². The lowest BCUT2D eigenvalue weighted by atomic mass is 10.1. The van der Waals surface area contributed by atoms with Gasteiger partial charge < -0.3 is 5.11 Å². The molecule has 0 fully saturated rings. The Balaban J connectivity index is 1.91. The number of ketones is 1. The second-order valence-corrected chi connectivity index (χ2v) is 6.32. The summed E-state index contributed by atoms with van der Waals surface area (Å²) in [4.78, 5) is 29.5. The molecule has 0 aliphatic rings. The van der Waals surface area contributed by atoms with E-state index < -0.39 is 0 Å². The lowest BCUT2D eigenvalue weighted by Crippen LogP contribution is -2.23. The van der Waals surface area contributed by atoms with Gasteiger partial charge in [0.25, 0.3) is 5.56 Å². The molecular formula is C19H16N2O3S. The molecule has 126 valence electrons. The fraction of sp³-hybridized carbons (Fsp3) is 0.105. The highest BCUT2D eigenvalue weighted by Crippen LogP contribution is 2.20. The molecule has 0 amide bonds. The second-order valence-electron chi connectivity index (χ2n) is 5.37. The van der Waals surface area contributed by atoms with Crippen molar-refractivity contribution < 1.29 is 9.90 Å². The Hall–Kier alpha value is -2.86. The SMILES string of the molecule is C=CCn1c(SCC(=O)c2ccc(O)cc2)nc2ccccc2c1=O. The number of para-hydroxylation sites is 1. The van der Waals surface area contributed by atoms with Crippen LogP contribution in [0.25, 0.3) is 10.9 Å². The molecule has 1 N–H and O–H groups in total. The molecule has 2 aromatic carbocycles. The molecule has 3 rings (SSSR count). The molecule has 0 atom stereocenters. The van der Waals surface area contributed by atoms with Gasteiger partial charge in [-0.3, -0.25) is 14.2 Å². The molecule has 0 saturated carbocycles. The van der Waals surface area contributed by atoms with Gasteiger partial charge in [-0.25, -0.2) is 4.98 Å². The van der Waals surface area contributed by atoms with Gasteiger partial charge in [-0.1, -0.05) is 30.0 Å². The summed E-state index contributed by atoms with van der Waals surface area (Å²) in [5, 5.41) is 10.3. The van der Waals surface area contributed by atoms with Gasteiger partial charge in [0, 0.05) is 12.1 Å². The van der Waals surface area contributed by atoms with Gasteiger partial charge in [0.15, 0.2) is 10.9 Å². The molecule has 5 nitrogen and oxygen atoms in total. The maximum Gasteiger partial charge on any atom is 0.262 e. The normalized spacial score (nSPS) is 10.7. The fourth-order valence-corrected chi connectivity index (χ4v) is 3.31. The van der Waals surface area contributed by atoms with E-state index in [0.29, 0.717) is 28.2 Å². The number of carbonyl (C=O) groups excluding carboxylic acids is 1. The predicted molar refractivity (Wildman–Crippen MR) is 99.4 cm³/mol. The topological polar surface area (TPSA) is 72.2 Å². The van der Waals surface area contributed by atoms with E-state index in [9.17, 15) is 14.7 Å². The quantitative estimate of drug-likeness (QED) is 0.319.